The normalized spacial score (nSPS) is 10.5. The van der Waals surface area contributed by atoms with Crippen LogP contribution in [0.4, 0.5) is 0 Å². The van der Waals surface area contributed by atoms with Crippen LogP contribution in [0.2, 0.25) is 0 Å². The van der Waals surface area contributed by atoms with Gasteiger partial charge in [0.15, 0.2) is 0 Å². The number of nitrogens with zero attached hydrogens (tertiary/aromatic N) is 1. The molecular formula is C10H16N2O2. The Hall–Kier alpha value is -1.32. The van der Waals surface area contributed by atoms with Gasteiger partial charge in [0.2, 0.25) is 0 Å². The number of hydrogen-bond donors (Lipinski definition) is 1. The van der Waals surface area contributed by atoms with Crippen molar-refractivity contribution >= 4 is 5.97 Å². The molecule has 0 aliphatic heterocycles. The predicted octanol–water partition coefficient (Wildman–Crippen LogP) is 1.54. The first kappa shape index (κ1) is 10.8. The number of hydrogen-bond acceptors (Lipinski definition) is 3. The summed E-state index contributed by atoms with van der Waals surface area (Å²) in [5, 5.41) is 6.51. The molecule has 0 saturated carbocycles. The van der Waals surface area contributed by atoms with Gasteiger partial charge in [0.25, 0.3) is 0 Å². The molecule has 0 spiro atoms. The lowest BCUT2D eigenvalue weighted by Gasteiger charge is -2.05. The molecule has 1 aromatic heterocycles. The highest BCUT2D eigenvalue weighted by Crippen LogP contribution is 2.02. The highest BCUT2D eigenvalue weighted by atomic mass is 16.5. The van der Waals surface area contributed by atoms with E-state index in [1.54, 1.807) is 12.4 Å². The van der Waals surface area contributed by atoms with Crippen LogP contribution >= 0.6 is 0 Å². The fourth-order valence-electron chi connectivity index (χ4n) is 1.09. The minimum Gasteiger partial charge on any atom is -0.465 e. The van der Waals surface area contributed by atoms with Crippen molar-refractivity contribution in [2.45, 2.75) is 26.7 Å². The molecule has 14 heavy (non-hydrogen) atoms. The Kier molecular flexibility index (Phi) is 4.16. The first-order valence-electron chi connectivity index (χ1n) is 4.81. The molecule has 0 aliphatic carbocycles. The summed E-state index contributed by atoms with van der Waals surface area (Å²) < 4.78 is 5.05. The number of nitrogens with one attached hydrogen (secondary N) is 1. The molecule has 0 aliphatic rings. The van der Waals surface area contributed by atoms with Gasteiger partial charge in [0.1, 0.15) is 0 Å². The van der Waals surface area contributed by atoms with Crippen LogP contribution in [-0.4, -0.2) is 22.8 Å². The van der Waals surface area contributed by atoms with E-state index in [0.717, 1.165) is 12.0 Å². The molecule has 0 atom stereocenters. The van der Waals surface area contributed by atoms with Gasteiger partial charge in [-0.05, 0) is 11.5 Å². The molecule has 0 amide bonds. The zero-order valence-corrected chi connectivity index (χ0v) is 8.62. The van der Waals surface area contributed by atoms with E-state index in [4.69, 9.17) is 4.74 Å². The van der Waals surface area contributed by atoms with Crippen LogP contribution in [0.5, 0.6) is 0 Å². The first-order valence-corrected chi connectivity index (χ1v) is 4.81. The summed E-state index contributed by atoms with van der Waals surface area (Å²) in [6, 6.07) is 0. The Bertz CT molecular complexity index is 268. The zero-order chi connectivity index (χ0) is 10.4. The van der Waals surface area contributed by atoms with E-state index in [0.29, 0.717) is 18.9 Å². The second-order valence-electron chi connectivity index (χ2n) is 3.67. The molecule has 0 aromatic carbocycles. The summed E-state index contributed by atoms with van der Waals surface area (Å²) in [4.78, 5) is 11.1. The summed E-state index contributed by atoms with van der Waals surface area (Å²) in [6.07, 6.45) is 4.75. The number of carbonyl (C=O) groups excluding carboxylic acids is 1. The van der Waals surface area contributed by atoms with E-state index in [1.165, 1.54) is 0 Å². The van der Waals surface area contributed by atoms with Gasteiger partial charge in [-0.25, -0.2) is 0 Å². The average molecular weight is 196 g/mol. The fraction of sp³-hybridized carbons (Fsp3) is 0.600. The molecule has 1 aromatic rings. The topological polar surface area (TPSA) is 55.0 Å². The van der Waals surface area contributed by atoms with Crippen LogP contribution < -0.4 is 0 Å². The summed E-state index contributed by atoms with van der Waals surface area (Å²) >= 11 is 0. The Morgan fingerprint density at radius 2 is 2.43 bits per heavy atom. The van der Waals surface area contributed by atoms with Crippen LogP contribution in [0.25, 0.3) is 0 Å². The number of ether oxygens (including phenoxy) is 1. The number of H-pyrrole nitrogens is 1. The Balaban J connectivity index is 2.12. The van der Waals surface area contributed by atoms with Gasteiger partial charge < -0.3 is 4.74 Å². The maximum atomic E-state index is 11.1. The molecular weight excluding hydrogens is 180 g/mol. The third kappa shape index (κ3) is 4.07. The molecule has 0 bridgehead atoms. The molecule has 0 fully saturated rings. The van der Waals surface area contributed by atoms with Crippen LogP contribution in [0.15, 0.2) is 12.4 Å². The second-order valence-corrected chi connectivity index (χ2v) is 3.67. The SMILES string of the molecule is CC(C)CC(=O)OCCc1cn[nH]c1. The van der Waals surface area contributed by atoms with E-state index in [-0.39, 0.29) is 5.97 Å². The summed E-state index contributed by atoms with van der Waals surface area (Å²) in [5.41, 5.74) is 1.06. The van der Waals surface area contributed by atoms with Gasteiger partial charge in [-0.1, -0.05) is 13.8 Å². The molecule has 1 rings (SSSR count). The minimum absolute atomic E-state index is 0.122. The quantitative estimate of drug-likeness (QED) is 0.727. The van der Waals surface area contributed by atoms with E-state index < -0.39 is 0 Å². The minimum atomic E-state index is -0.122. The predicted molar refractivity (Wildman–Crippen MR) is 52.7 cm³/mol. The maximum Gasteiger partial charge on any atom is 0.306 e. The van der Waals surface area contributed by atoms with Crippen molar-refractivity contribution in [3.05, 3.63) is 18.0 Å². The first-order chi connectivity index (χ1) is 6.68. The molecule has 78 valence electrons. The number of carbonyl (C=O) groups is 1. The number of rotatable bonds is 5. The van der Waals surface area contributed by atoms with Crippen molar-refractivity contribution in [1.29, 1.82) is 0 Å². The Morgan fingerprint density at radius 3 is 3.00 bits per heavy atom. The lowest BCUT2D eigenvalue weighted by atomic mass is 10.1. The largest absolute Gasteiger partial charge is 0.465 e. The standard InChI is InChI=1S/C10H16N2O2/c1-8(2)5-10(13)14-4-3-9-6-11-12-7-9/h6-8H,3-5H2,1-2H3,(H,11,12). The number of aromatic nitrogens is 2. The van der Waals surface area contributed by atoms with Crippen molar-refractivity contribution in [3.8, 4) is 0 Å². The fourth-order valence-corrected chi connectivity index (χ4v) is 1.09. The van der Waals surface area contributed by atoms with Gasteiger partial charge in [-0.2, -0.15) is 5.10 Å². The van der Waals surface area contributed by atoms with Gasteiger partial charge in [0.05, 0.1) is 12.8 Å². The lowest BCUT2D eigenvalue weighted by molar-refractivity contribution is -0.144. The molecule has 0 unspecified atom stereocenters. The van der Waals surface area contributed by atoms with Gasteiger partial charge in [-0.3, -0.25) is 9.89 Å². The average Bonchev–Trinajstić information content (AvgIpc) is 2.55. The van der Waals surface area contributed by atoms with E-state index in [1.807, 2.05) is 13.8 Å². The number of esters is 1. The maximum absolute atomic E-state index is 11.1. The van der Waals surface area contributed by atoms with Crippen molar-refractivity contribution in [2.75, 3.05) is 6.61 Å². The molecule has 1 heterocycles. The van der Waals surface area contributed by atoms with Crippen molar-refractivity contribution < 1.29 is 9.53 Å². The molecule has 4 heteroatoms. The van der Waals surface area contributed by atoms with Gasteiger partial charge >= 0.3 is 5.97 Å². The number of aromatic amines is 1. The highest BCUT2D eigenvalue weighted by Gasteiger charge is 2.05. The summed E-state index contributed by atoms with van der Waals surface area (Å²) in [5.74, 6) is 0.236. The van der Waals surface area contributed by atoms with Crippen LogP contribution in [0.3, 0.4) is 0 Å². The van der Waals surface area contributed by atoms with E-state index >= 15 is 0 Å². The van der Waals surface area contributed by atoms with Crippen LogP contribution in [-0.2, 0) is 16.0 Å². The summed E-state index contributed by atoms with van der Waals surface area (Å²) in [7, 11) is 0. The molecule has 1 N–H and O–H groups in total. The highest BCUT2D eigenvalue weighted by molar-refractivity contribution is 5.69. The van der Waals surface area contributed by atoms with E-state index in [9.17, 15) is 4.79 Å². The van der Waals surface area contributed by atoms with Crippen LogP contribution in [0, 0.1) is 5.92 Å². The Labute approximate surface area is 83.7 Å². The monoisotopic (exact) mass is 196 g/mol. The third-order valence-corrected chi connectivity index (χ3v) is 1.78. The second kappa shape index (κ2) is 5.42. The van der Waals surface area contributed by atoms with Crippen LogP contribution in [0.1, 0.15) is 25.8 Å². The van der Waals surface area contributed by atoms with Crippen molar-refractivity contribution in [3.63, 3.8) is 0 Å². The van der Waals surface area contributed by atoms with E-state index in [2.05, 4.69) is 10.2 Å². The Morgan fingerprint density at radius 1 is 1.64 bits per heavy atom. The lowest BCUT2D eigenvalue weighted by Crippen LogP contribution is -2.09. The van der Waals surface area contributed by atoms with Gasteiger partial charge in [-0.15, -0.1) is 0 Å². The van der Waals surface area contributed by atoms with Crippen molar-refractivity contribution in [1.82, 2.24) is 10.2 Å². The van der Waals surface area contributed by atoms with Crippen molar-refractivity contribution in [2.24, 2.45) is 5.92 Å². The molecule has 4 nitrogen and oxygen atoms in total. The van der Waals surface area contributed by atoms with Gasteiger partial charge in [0, 0.05) is 19.0 Å². The zero-order valence-electron chi connectivity index (χ0n) is 8.62. The third-order valence-electron chi connectivity index (χ3n) is 1.78. The molecule has 0 radical (unpaired) electrons. The molecule has 0 saturated heterocycles. The summed E-state index contributed by atoms with van der Waals surface area (Å²) in [6.45, 7) is 4.43. The smallest absolute Gasteiger partial charge is 0.306 e.